The number of pyridine rings is 1. The molecule has 0 atom stereocenters. The SMILES string of the molecule is Cc1c(CC(=O)c2cc(O)cc(C#N)c2)cnc2c1c(C1CCN(C(=O)C3CCCC3)CC1)cn2C. The summed E-state index contributed by atoms with van der Waals surface area (Å²) in [5.74, 6) is 0.654. The van der Waals surface area contributed by atoms with Gasteiger partial charge in [0.15, 0.2) is 5.78 Å². The van der Waals surface area contributed by atoms with Gasteiger partial charge >= 0.3 is 0 Å². The number of aromatic nitrogens is 2. The summed E-state index contributed by atoms with van der Waals surface area (Å²) in [6.45, 7) is 3.62. The highest BCUT2D eigenvalue weighted by Gasteiger charge is 2.31. The molecule has 1 aliphatic carbocycles. The zero-order valence-electron chi connectivity index (χ0n) is 21.0. The molecule has 0 bridgehead atoms. The van der Waals surface area contributed by atoms with E-state index in [1.54, 1.807) is 6.20 Å². The monoisotopic (exact) mass is 484 g/mol. The molecule has 1 saturated heterocycles. The normalized spacial score (nSPS) is 17.0. The number of rotatable bonds is 5. The summed E-state index contributed by atoms with van der Waals surface area (Å²) in [4.78, 5) is 32.7. The molecule has 1 N–H and O–H groups in total. The summed E-state index contributed by atoms with van der Waals surface area (Å²) in [6, 6.07) is 6.24. The quantitative estimate of drug-likeness (QED) is 0.526. The molecule has 2 aliphatic rings. The minimum Gasteiger partial charge on any atom is -0.508 e. The smallest absolute Gasteiger partial charge is 0.225 e. The predicted octanol–water partition coefficient (Wildman–Crippen LogP) is 4.78. The molecule has 1 saturated carbocycles. The number of phenols is 1. The lowest BCUT2D eigenvalue weighted by atomic mass is 9.87. The van der Waals surface area contributed by atoms with E-state index in [0.29, 0.717) is 17.4 Å². The fourth-order valence-electron chi connectivity index (χ4n) is 6.02. The first kappa shape index (κ1) is 24.1. The molecule has 1 amide bonds. The van der Waals surface area contributed by atoms with Crippen molar-refractivity contribution in [3.63, 3.8) is 0 Å². The molecule has 2 fully saturated rings. The molecule has 36 heavy (non-hydrogen) atoms. The van der Waals surface area contributed by atoms with Crippen molar-refractivity contribution in [3.8, 4) is 11.8 Å². The Balaban J connectivity index is 1.38. The molecule has 2 aromatic heterocycles. The topological polar surface area (TPSA) is 99.2 Å². The molecule has 3 heterocycles. The Bertz CT molecular complexity index is 1370. The van der Waals surface area contributed by atoms with Gasteiger partial charge in [0.25, 0.3) is 0 Å². The summed E-state index contributed by atoms with van der Waals surface area (Å²) < 4.78 is 2.05. The van der Waals surface area contributed by atoms with E-state index in [-0.39, 0.29) is 29.4 Å². The highest BCUT2D eigenvalue weighted by Crippen LogP contribution is 2.37. The summed E-state index contributed by atoms with van der Waals surface area (Å²) in [6.07, 6.45) is 10.3. The number of likely N-dealkylation sites (tertiary alicyclic amines) is 1. The number of carbonyl (C=O) groups is 2. The van der Waals surface area contributed by atoms with E-state index in [0.717, 1.165) is 60.9 Å². The van der Waals surface area contributed by atoms with Crippen LogP contribution in [0.4, 0.5) is 0 Å². The first-order chi connectivity index (χ1) is 17.4. The van der Waals surface area contributed by atoms with E-state index in [4.69, 9.17) is 4.98 Å². The zero-order valence-corrected chi connectivity index (χ0v) is 21.0. The molecular weight excluding hydrogens is 452 g/mol. The van der Waals surface area contributed by atoms with Crippen molar-refractivity contribution >= 4 is 22.7 Å². The number of aromatic hydroxyl groups is 1. The highest BCUT2D eigenvalue weighted by molar-refractivity contribution is 5.99. The minimum absolute atomic E-state index is 0.0919. The Kier molecular flexibility index (Phi) is 6.53. The number of benzene rings is 1. The third-order valence-corrected chi connectivity index (χ3v) is 8.05. The number of hydrogen-bond donors (Lipinski definition) is 1. The Morgan fingerprint density at radius 1 is 1.14 bits per heavy atom. The lowest BCUT2D eigenvalue weighted by Gasteiger charge is -2.33. The maximum atomic E-state index is 13.0. The van der Waals surface area contributed by atoms with Gasteiger partial charge in [0.2, 0.25) is 5.91 Å². The van der Waals surface area contributed by atoms with Crippen LogP contribution in [0.3, 0.4) is 0 Å². The van der Waals surface area contributed by atoms with Crippen molar-refractivity contribution < 1.29 is 14.7 Å². The third kappa shape index (κ3) is 4.48. The second-order valence-electron chi connectivity index (χ2n) is 10.4. The van der Waals surface area contributed by atoms with E-state index in [1.807, 2.05) is 24.6 Å². The largest absolute Gasteiger partial charge is 0.508 e. The van der Waals surface area contributed by atoms with Gasteiger partial charge < -0.3 is 14.6 Å². The second-order valence-corrected chi connectivity index (χ2v) is 10.4. The lowest BCUT2D eigenvalue weighted by molar-refractivity contribution is -0.136. The van der Waals surface area contributed by atoms with Gasteiger partial charge in [0.1, 0.15) is 11.4 Å². The number of piperidine rings is 1. The highest BCUT2D eigenvalue weighted by atomic mass is 16.3. The molecule has 7 heteroatoms. The first-order valence-corrected chi connectivity index (χ1v) is 12.8. The Morgan fingerprint density at radius 2 is 1.86 bits per heavy atom. The number of fused-ring (bicyclic) bond motifs is 1. The van der Waals surface area contributed by atoms with Crippen LogP contribution >= 0.6 is 0 Å². The third-order valence-electron chi connectivity index (χ3n) is 8.05. The minimum atomic E-state index is -0.164. The molecule has 186 valence electrons. The number of hydrogen-bond acceptors (Lipinski definition) is 5. The van der Waals surface area contributed by atoms with Gasteiger partial charge in [-0.3, -0.25) is 9.59 Å². The van der Waals surface area contributed by atoms with Gasteiger partial charge in [-0.1, -0.05) is 12.8 Å². The number of amides is 1. The molecule has 0 radical (unpaired) electrons. The number of aryl methyl sites for hydroxylation is 2. The molecule has 0 spiro atoms. The van der Waals surface area contributed by atoms with Crippen LogP contribution in [0.25, 0.3) is 11.0 Å². The van der Waals surface area contributed by atoms with Crippen LogP contribution in [0.1, 0.15) is 77.1 Å². The molecule has 1 aromatic carbocycles. The average Bonchev–Trinajstić information content (AvgIpc) is 3.54. The van der Waals surface area contributed by atoms with Crippen molar-refractivity contribution in [2.75, 3.05) is 13.1 Å². The average molecular weight is 485 g/mol. The van der Waals surface area contributed by atoms with Gasteiger partial charge in [-0.25, -0.2) is 4.98 Å². The maximum absolute atomic E-state index is 13.0. The van der Waals surface area contributed by atoms with Crippen molar-refractivity contribution in [3.05, 3.63) is 58.4 Å². The van der Waals surface area contributed by atoms with Gasteiger partial charge in [-0.05, 0) is 73.4 Å². The molecule has 1 aliphatic heterocycles. The fraction of sp³-hybridized carbons (Fsp3) is 0.448. The Labute approximate surface area is 211 Å². The van der Waals surface area contributed by atoms with E-state index >= 15 is 0 Å². The van der Waals surface area contributed by atoms with Gasteiger partial charge in [0.05, 0.1) is 11.6 Å². The number of nitriles is 1. The predicted molar refractivity (Wildman–Crippen MR) is 137 cm³/mol. The van der Waals surface area contributed by atoms with Crippen molar-refractivity contribution in [2.24, 2.45) is 13.0 Å². The summed E-state index contributed by atoms with van der Waals surface area (Å²) >= 11 is 0. The van der Waals surface area contributed by atoms with Crippen LogP contribution in [0, 0.1) is 24.2 Å². The van der Waals surface area contributed by atoms with Crippen LogP contribution in [-0.2, 0) is 18.3 Å². The fourth-order valence-corrected chi connectivity index (χ4v) is 6.02. The van der Waals surface area contributed by atoms with Crippen LogP contribution in [0.15, 0.2) is 30.6 Å². The van der Waals surface area contributed by atoms with Crippen molar-refractivity contribution in [1.82, 2.24) is 14.5 Å². The van der Waals surface area contributed by atoms with Crippen LogP contribution in [-0.4, -0.2) is 44.3 Å². The van der Waals surface area contributed by atoms with Crippen LogP contribution < -0.4 is 0 Å². The molecule has 3 aromatic rings. The van der Waals surface area contributed by atoms with E-state index < -0.39 is 0 Å². The number of ketones is 1. The van der Waals surface area contributed by atoms with Crippen molar-refractivity contribution in [1.29, 1.82) is 5.26 Å². The second kappa shape index (κ2) is 9.77. The number of carbonyl (C=O) groups excluding carboxylic acids is 2. The lowest BCUT2D eigenvalue weighted by Crippen LogP contribution is -2.40. The Hall–Kier alpha value is -3.66. The van der Waals surface area contributed by atoms with Gasteiger partial charge in [-0.15, -0.1) is 0 Å². The summed E-state index contributed by atoms with van der Waals surface area (Å²) in [7, 11) is 2.00. The molecular formula is C29H32N4O3. The Morgan fingerprint density at radius 3 is 2.56 bits per heavy atom. The van der Waals surface area contributed by atoms with Crippen LogP contribution in [0.5, 0.6) is 5.75 Å². The summed E-state index contributed by atoms with van der Waals surface area (Å²) in [5.41, 5.74) is 4.59. The van der Waals surface area contributed by atoms with E-state index in [9.17, 15) is 20.0 Å². The standard InChI is InChI=1S/C29H32N4O3/c1-18-23(14-26(35)22-11-19(15-30)12-24(34)13-22)16-31-28-27(18)25(17-32(28)2)20-7-9-33(10-8-20)29(36)21-5-3-4-6-21/h11-13,16-17,20-21,34H,3-10,14H2,1-2H3. The molecule has 0 unspecified atom stereocenters. The number of phenolic OH excluding ortho intramolecular Hbond substituents is 1. The van der Waals surface area contributed by atoms with E-state index in [2.05, 4.69) is 11.1 Å². The van der Waals surface area contributed by atoms with Crippen LogP contribution in [0.2, 0.25) is 0 Å². The zero-order chi connectivity index (χ0) is 25.4. The number of Topliss-reactive ketones (excluding diaryl/α,β-unsaturated/α-hetero) is 1. The van der Waals surface area contributed by atoms with E-state index in [1.165, 1.54) is 36.6 Å². The first-order valence-electron chi connectivity index (χ1n) is 12.8. The summed E-state index contributed by atoms with van der Waals surface area (Å²) in [5, 5.41) is 20.2. The number of nitrogens with zero attached hydrogens (tertiary/aromatic N) is 4. The molecule has 7 nitrogen and oxygen atoms in total. The van der Waals surface area contributed by atoms with Gasteiger partial charge in [0, 0.05) is 55.8 Å². The van der Waals surface area contributed by atoms with Gasteiger partial charge in [-0.2, -0.15) is 5.26 Å². The molecule has 5 rings (SSSR count). The van der Waals surface area contributed by atoms with Crippen molar-refractivity contribution in [2.45, 2.75) is 57.8 Å². The maximum Gasteiger partial charge on any atom is 0.225 e.